The van der Waals surface area contributed by atoms with Crippen molar-refractivity contribution in [2.45, 2.75) is 32.7 Å². The first-order chi connectivity index (χ1) is 11.1. The van der Waals surface area contributed by atoms with Gasteiger partial charge in [0.05, 0.1) is 18.9 Å². The molecule has 0 aliphatic carbocycles. The largest absolute Gasteiger partial charge is 0.493 e. The molecule has 2 N–H and O–H groups in total. The maximum absolute atomic E-state index is 12.4. The van der Waals surface area contributed by atoms with Gasteiger partial charge in [-0.3, -0.25) is 0 Å². The first-order valence-electron chi connectivity index (χ1n) is 6.77. The molecule has 0 bridgehead atoms. The highest BCUT2D eigenvalue weighted by Gasteiger charge is 2.44. The van der Waals surface area contributed by atoms with Crippen LogP contribution in [0.4, 0.5) is 23.7 Å². The normalized spacial score (nSPS) is 11.2. The van der Waals surface area contributed by atoms with Gasteiger partial charge in [-0.2, -0.15) is 13.2 Å². The van der Waals surface area contributed by atoms with Crippen LogP contribution in [0.15, 0.2) is 18.2 Å². The first-order valence-corrected chi connectivity index (χ1v) is 6.77. The van der Waals surface area contributed by atoms with Crippen molar-refractivity contribution in [3.63, 3.8) is 0 Å². The molecule has 1 rings (SSSR count). The van der Waals surface area contributed by atoms with E-state index in [9.17, 15) is 22.8 Å². The standard InChI is InChI=1S/C14H17F3N2O5/c1-8(2)23-11-5-4-10(6-9(11)7-18)19(13(21)22-3)24-12(20)14(15,16)17/h4-6,8H,7,18H2,1-3H3. The van der Waals surface area contributed by atoms with Gasteiger partial charge < -0.3 is 20.0 Å². The van der Waals surface area contributed by atoms with Gasteiger partial charge >= 0.3 is 18.2 Å². The Bertz CT molecular complexity index is 605. The molecule has 7 nitrogen and oxygen atoms in total. The molecule has 0 aliphatic rings. The summed E-state index contributed by atoms with van der Waals surface area (Å²) in [5.41, 5.74) is 5.80. The Morgan fingerprint density at radius 2 is 1.92 bits per heavy atom. The Labute approximate surface area is 136 Å². The van der Waals surface area contributed by atoms with Crippen molar-refractivity contribution in [2.24, 2.45) is 5.73 Å². The third-order valence-electron chi connectivity index (χ3n) is 2.61. The quantitative estimate of drug-likeness (QED) is 0.839. The summed E-state index contributed by atoms with van der Waals surface area (Å²) in [5.74, 6) is -2.17. The van der Waals surface area contributed by atoms with Gasteiger partial charge in [-0.05, 0) is 32.0 Å². The maximum Gasteiger partial charge on any atom is 0.493 e. The molecule has 24 heavy (non-hydrogen) atoms. The van der Waals surface area contributed by atoms with Gasteiger partial charge in [0.15, 0.2) is 0 Å². The van der Waals surface area contributed by atoms with Crippen LogP contribution in [-0.4, -0.2) is 31.5 Å². The summed E-state index contributed by atoms with van der Waals surface area (Å²) in [6.45, 7) is 3.54. The van der Waals surface area contributed by atoms with E-state index < -0.39 is 18.2 Å². The summed E-state index contributed by atoms with van der Waals surface area (Å²) in [6, 6.07) is 3.89. The second-order valence-corrected chi connectivity index (χ2v) is 4.80. The molecule has 134 valence electrons. The second kappa shape index (κ2) is 7.86. The number of alkyl halides is 3. The van der Waals surface area contributed by atoms with Crippen LogP contribution < -0.4 is 15.5 Å². The summed E-state index contributed by atoms with van der Waals surface area (Å²) in [7, 11) is 0.927. The topological polar surface area (TPSA) is 91.1 Å². The SMILES string of the molecule is COC(=O)N(OC(=O)C(F)(F)F)c1ccc(OC(C)C)c(CN)c1. The van der Waals surface area contributed by atoms with Crippen LogP contribution in [0.1, 0.15) is 19.4 Å². The van der Waals surface area contributed by atoms with Gasteiger partial charge in [-0.25, -0.2) is 9.59 Å². The molecule has 10 heteroatoms. The zero-order chi connectivity index (χ0) is 18.5. The Hall–Kier alpha value is -2.49. The molecule has 1 amide bonds. The minimum Gasteiger partial charge on any atom is -0.491 e. The van der Waals surface area contributed by atoms with Crippen molar-refractivity contribution in [1.82, 2.24) is 0 Å². The summed E-state index contributed by atoms with van der Waals surface area (Å²) in [6.07, 6.45) is -6.75. The van der Waals surface area contributed by atoms with Crippen molar-refractivity contribution >= 4 is 17.7 Å². The molecule has 0 saturated carbocycles. The monoisotopic (exact) mass is 350 g/mol. The second-order valence-electron chi connectivity index (χ2n) is 4.80. The highest BCUT2D eigenvalue weighted by atomic mass is 19.4. The number of carbonyl (C=O) groups excluding carboxylic acids is 2. The molecule has 0 aromatic heterocycles. The van der Waals surface area contributed by atoms with Gasteiger partial charge in [0.2, 0.25) is 0 Å². The predicted octanol–water partition coefficient (Wildman–Crippen LogP) is 2.53. The van der Waals surface area contributed by atoms with Crippen LogP contribution in [0.5, 0.6) is 5.75 Å². The average Bonchev–Trinajstić information content (AvgIpc) is 2.50. The van der Waals surface area contributed by atoms with E-state index in [1.54, 1.807) is 13.8 Å². The minimum absolute atomic E-state index is 0.0158. The van der Waals surface area contributed by atoms with Crippen LogP contribution in [0.2, 0.25) is 0 Å². The molecule has 0 radical (unpaired) electrons. The van der Waals surface area contributed by atoms with Crippen LogP contribution in [0, 0.1) is 0 Å². The molecule has 0 atom stereocenters. The fraction of sp³-hybridized carbons (Fsp3) is 0.429. The predicted molar refractivity (Wildman–Crippen MR) is 77.1 cm³/mol. The lowest BCUT2D eigenvalue weighted by Crippen LogP contribution is -2.38. The number of anilines is 1. The van der Waals surface area contributed by atoms with Gasteiger partial charge in [0.1, 0.15) is 5.75 Å². The van der Waals surface area contributed by atoms with Crippen LogP contribution >= 0.6 is 0 Å². The Kier molecular flexibility index (Phi) is 6.41. The van der Waals surface area contributed by atoms with Crippen LogP contribution in [0.25, 0.3) is 0 Å². The van der Waals surface area contributed by atoms with Gasteiger partial charge in [-0.1, -0.05) is 0 Å². The smallest absolute Gasteiger partial charge is 0.491 e. The number of amides is 1. The van der Waals surface area contributed by atoms with Crippen molar-refractivity contribution in [1.29, 1.82) is 0 Å². The fourth-order valence-electron chi connectivity index (χ4n) is 1.63. The molecular formula is C14H17F3N2O5. The van der Waals surface area contributed by atoms with Gasteiger partial charge in [0.25, 0.3) is 0 Å². The number of hydrogen-bond donors (Lipinski definition) is 1. The first kappa shape index (κ1) is 19.6. The fourth-order valence-corrected chi connectivity index (χ4v) is 1.63. The number of methoxy groups -OCH3 is 1. The highest BCUT2D eigenvalue weighted by molar-refractivity contribution is 5.89. The molecule has 0 saturated heterocycles. The Morgan fingerprint density at radius 1 is 1.29 bits per heavy atom. The summed E-state index contributed by atoms with van der Waals surface area (Å²) >= 11 is 0. The lowest BCUT2D eigenvalue weighted by molar-refractivity contribution is -0.200. The van der Waals surface area contributed by atoms with E-state index in [-0.39, 0.29) is 23.4 Å². The van der Waals surface area contributed by atoms with E-state index >= 15 is 0 Å². The molecule has 0 spiro atoms. The van der Waals surface area contributed by atoms with E-state index in [4.69, 9.17) is 10.5 Å². The van der Waals surface area contributed by atoms with Crippen molar-refractivity contribution in [3.05, 3.63) is 23.8 Å². The number of nitrogens with two attached hydrogens (primary N) is 1. The zero-order valence-electron chi connectivity index (χ0n) is 13.2. The molecule has 1 aromatic carbocycles. The number of rotatable bonds is 4. The lowest BCUT2D eigenvalue weighted by Gasteiger charge is -2.22. The molecule has 0 unspecified atom stereocenters. The summed E-state index contributed by atoms with van der Waals surface area (Å²) < 4.78 is 46.9. The number of halogens is 3. The number of nitrogens with zero attached hydrogens (tertiary/aromatic N) is 1. The van der Waals surface area contributed by atoms with E-state index in [2.05, 4.69) is 9.57 Å². The molecule has 0 heterocycles. The van der Waals surface area contributed by atoms with E-state index in [0.717, 1.165) is 7.11 Å². The summed E-state index contributed by atoms with van der Waals surface area (Å²) in [4.78, 5) is 26.7. The molecule has 1 aromatic rings. The maximum atomic E-state index is 12.4. The Morgan fingerprint density at radius 3 is 2.38 bits per heavy atom. The molecular weight excluding hydrogens is 333 g/mol. The summed E-state index contributed by atoms with van der Waals surface area (Å²) in [5, 5.41) is 0.0914. The third kappa shape index (κ3) is 5.01. The number of hydroxylamine groups is 1. The lowest BCUT2D eigenvalue weighted by atomic mass is 10.1. The van der Waals surface area contributed by atoms with Gasteiger partial charge in [0, 0.05) is 12.1 Å². The van der Waals surface area contributed by atoms with Crippen molar-refractivity contribution in [3.8, 4) is 5.75 Å². The van der Waals surface area contributed by atoms with E-state index in [1.807, 2.05) is 0 Å². The van der Waals surface area contributed by atoms with Crippen LogP contribution in [-0.2, 0) is 20.9 Å². The third-order valence-corrected chi connectivity index (χ3v) is 2.61. The average molecular weight is 350 g/mol. The molecule has 0 aliphatic heterocycles. The van der Waals surface area contributed by atoms with Crippen LogP contribution in [0.3, 0.4) is 0 Å². The highest BCUT2D eigenvalue weighted by Crippen LogP contribution is 2.28. The number of benzene rings is 1. The molecule has 0 fully saturated rings. The zero-order valence-corrected chi connectivity index (χ0v) is 13.2. The Balaban J connectivity index is 3.19. The number of ether oxygens (including phenoxy) is 2. The van der Waals surface area contributed by atoms with E-state index in [0.29, 0.717) is 11.3 Å². The van der Waals surface area contributed by atoms with Crippen molar-refractivity contribution < 1.29 is 37.1 Å². The van der Waals surface area contributed by atoms with Crippen molar-refractivity contribution in [2.75, 3.05) is 12.2 Å². The number of hydrogen-bond acceptors (Lipinski definition) is 6. The van der Waals surface area contributed by atoms with Gasteiger partial charge in [-0.15, -0.1) is 5.06 Å². The number of carbonyl (C=O) groups is 2. The van der Waals surface area contributed by atoms with E-state index in [1.165, 1.54) is 18.2 Å². The minimum atomic E-state index is -5.27.